The molecular formula is C9H13NO3S. The Bertz CT molecular complexity index is 426. The summed E-state index contributed by atoms with van der Waals surface area (Å²) in [7, 11) is -3.66. The summed E-state index contributed by atoms with van der Waals surface area (Å²) in [6, 6.07) is 4.96. The average Bonchev–Trinajstić information content (AvgIpc) is 2.07. The monoisotopic (exact) mass is 215 g/mol. The number of aryl methyl sites for hydroxylation is 1. The van der Waals surface area contributed by atoms with E-state index in [9.17, 15) is 8.42 Å². The molecule has 0 spiro atoms. The fourth-order valence-electron chi connectivity index (χ4n) is 1.24. The van der Waals surface area contributed by atoms with Crippen molar-refractivity contribution in [2.45, 2.75) is 18.2 Å². The third kappa shape index (κ3) is 2.54. The van der Waals surface area contributed by atoms with E-state index in [0.717, 1.165) is 5.56 Å². The van der Waals surface area contributed by atoms with E-state index in [1.54, 1.807) is 19.1 Å². The predicted molar refractivity (Wildman–Crippen MR) is 53.3 cm³/mol. The van der Waals surface area contributed by atoms with Gasteiger partial charge in [0.15, 0.2) is 0 Å². The highest BCUT2D eigenvalue weighted by Gasteiger charge is 2.11. The number of hydrogen-bond donors (Lipinski definition) is 2. The molecule has 0 saturated carbocycles. The third-order valence-electron chi connectivity index (χ3n) is 1.96. The van der Waals surface area contributed by atoms with Crippen molar-refractivity contribution in [1.29, 1.82) is 0 Å². The lowest BCUT2D eigenvalue weighted by Crippen LogP contribution is -2.14. The first-order valence-corrected chi connectivity index (χ1v) is 5.73. The molecule has 1 aromatic rings. The molecule has 0 bridgehead atoms. The van der Waals surface area contributed by atoms with Gasteiger partial charge < -0.3 is 5.11 Å². The van der Waals surface area contributed by atoms with Crippen molar-refractivity contribution in [3.63, 3.8) is 0 Å². The molecule has 0 fully saturated rings. The van der Waals surface area contributed by atoms with E-state index in [4.69, 9.17) is 10.2 Å². The zero-order valence-corrected chi connectivity index (χ0v) is 8.71. The Kier molecular flexibility index (Phi) is 3.25. The SMILES string of the molecule is Cc1ccc(CCO)cc1S(N)(=O)=O. The maximum atomic E-state index is 11.1. The van der Waals surface area contributed by atoms with E-state index >= 15 is 0 Å². The first-order chi connectivity index (χ1) is 6.45. The van der Waals surface area contributed by atoms with Gasteiger partial charge in [0.1, 0.15) is 0 Å². The largest absolute Gasteiger partial charge is 0.396 e. The molecule has 0 aromatic heterocycles. The van der Waals surface area contributed by atoms with Crippen LogP contribution < -0.4 is 5.14 Å². The van der Waals surface area contributed by atoms with Crippen molar-refractivity contribution in [3.8, 4) is 0 Å². The van der Waals surface area contributed by atoms with Crippen molar-refractivity contribution in [3.05, 3.63) is 29.3 Å². The van der Waals surface area contributed by atoms with Crippen LogP contribution in [0.15, 0.2) is 23.1 Å². The first-order valence-electron chi connectivity index (χ1n) is 4.18. The zero-order valence-electron chi connectivity index (χ0n) is 7.90. The van der Waals surface area contributed by atoms with Crippen LogP contribution in [0.1, 0.15) is 11.1 Å². The Labute approximate surface area is 83.4 Å². The van der Waals surface area contributed by atoms with Gasteiger partial charge in [-0.2, -0.15) is 0 Å². The second-order valence-electron chi connectivity index (χ2n) is 3.12. The fourth-order valence-corrected chi connectivity index (χ4v) is 2.07. The molecule has 1 rings (SSSR count). The minimum Gasteiger partial charge on any atom is -0.396 e. The first kappa shape index (κ1) is 11.2. The van der Waals surface area contributed by atoms with E-state index in [1.165, 1.54) is 6.07 Å². The van der Waals surface area contributed by atoms with Crippen molar-refractivity contribution in [2.75, 3.05) is 6.61 Å². The Hall–Kier alpha value is -0.910. The number of rotatable bonds is 3. The standard InChI is InChI=1S/C9H13NO3S/c1-7-2-3-8(4-5-11)6-9(7)14(10,12)13/h2-3,6,11H,4-5H2,1H3,(H2,10,12,13). The molecule has 0 atom stereocenters. The molecule has 4 nitrogen and oxygen atoms in total. The van der Waals surface area contributed by atoms with Gasteiger partial charge in [-0.15, -0.1) is 0 Å². The van der Waals surface area contributed by atoms with Crippen LogP contribution in [-0.2, 0) is 16.4 Å². The number of nitrogens with two attached hydrogens (primary N) is 1. The number of aliphatic hydroxyl groups is 1. The fraction of sp³-hybridized carbons (Fsp3) is 0.333. The summed E-state index contributed by atoms with van der Waals surface area (Å²) < 4.78 is 22.3. The Balaban J connectivity index is 3.22. The molecule has 0 saturated heterocycles. The summed E-state index contributed by atoms with van der Waals surface area (Å²) in [4.78, 5) is 0.128. The van der Waals surface area contributed by atoms with Gasteiger partial charge in [0.25, 0.3) is 0 Å². The third-order valence-corrected chi connectivity index (χ3v) is 3.01. The maximum absolute atomic E-state index is 11.1. The van der Waals surface area contributed by atoms with Crippen molar-refractivity contribution >= 4 is 10.0 Å². The van der Waals surface area contributed by atoms with Gasteiger partial charge in [-0.3, -0.25) is 0 Å². The number of hydrogen-bond acceptors (Lipinski definition) is 3. The highest BCUT2D eigenvalue weighted by atomic mass is 32.2. The number of primary sulfonamides is 1. The van der Waals surface area contributed by atoms with E-state index in [2.05, 4.69) is 0 Å². The van der Waals surface area contributed by atoms with E-state index in [0.29, 0.717) is 12.0 Å². The zero-order chi connectivity index (χ0) is 10.8. The predicted octanol–water partition coefficient (Wildman–Crippen LogP) is 0.177. The molecule has 0 heterocycles. The van der Waals surface area contributed by atoms with E-state index in [1.807, 2.05) is 0 Å². The summed E-state index contributed by atoms with van der Waals surface area (Å²) in [5, 5.41) is 13.7. The van der Waals surface area contributed by atoms with Gasteiger partial charge in [0, 0.05) is 6.61 Å². The molecule has 5 heteroatoms. The second-order valence-corrected chi connectivity index (χ2v) is 4.65. The van der Waals surface area contributed by atoms with Crippen LogP contribution >= 0.6 is 0 Å². The van der Waals surface area contributed by atoms with Crippen LogP contribution in [0.2, 0.25) is 0 Å². The summed E-state index contributed by atoms with van der Waals surface area (Å²) in [5.74, 6) is 0. The van der Waals surface area contributed by atoms with E-state index in [-0.39, 0.29) is 11.5 Å². The molecular weight excluding hydrogens is 202 g/mol. The van der Waals surface area contributed by atoms with Gasteiger partial charge in [0.2, 0.25) is 10.0 Å². The summed E-state index contributed by atoms with van der Waals surface area (Å²) in [6.07, 6.45) is 0.433. The summed E-state index contributed by atoms with van der Waals surface area (Å²) in [5.41, 5.74) is 1.39. The van der Waals surface area contributed by atoms with Crippen molar-refractivity contribution in [1.82, 2.24) is 0 Å². The van der Waals surface area contributed by atoms with E-state index < -0.39 is 10.0 Å². The minimum atomic E-state index is -3.66. The smallest absolute Gasteiger partial charge is 0.238 e. The topological polar surface area (TPSA) is 80.4 Å². The van der Waals surface area contributed by atoms with Gasteiger partial charge >= 0.3 is 0 Å². The molecule has 0 radical (unpaired) electrons. The maximum Gasteiger partial charge on any atom is 0.238 e. The molecule has 0 aliphatic rings. The Morgan fingerprint density at radius 1 is 1.43 bits per heavy atom. The highest BCUT2D eigenvalue weighted by molar-refractivity contribution is 7.89. The molecule has 14 heavy (non-hydrogen) atoms. The van der Waals surface area contributed by atoms with Crippen molar-refractivity contribution < 1.29 is 13.5 Å². The van der Waals surface area contributed by atoms with Crippen LogP contribution in [0.25, 0.3) is 0 Å². The molecule has 78 valence electrons. The van der Waals surface area contributed by atoms with Crippen molar-refractivity contribution in [2.24, 2.45) is 5.14 Å². The average molecular weight is 215 g/mol. The molecule has 0 aliphatic heterocycles. The Morgan fingerprint density at radius 2 is 2.07 bits per heavy atom. The lowest BCUT2D eigenvalue weighted by Gasteiger charge is -2.05. The van der Waals surface area contributed by atoms with Crippen LogP contribution in [-0.4, -0.2) is 20.1 Å². The quantitative estimate of drug-likeness (QED) is 0.754. The van der Waals surface area contributed by atoms with Crippen LogP contribution in [0, 0.1) is 6.92 Å². The minimum absolute atomic E-state index is 0.00683. The van der Waals surface area contributed by atoms with Gasteiger partial charge in [0.05, 0.1) is 4.90 Å². The van der Waals surface area contributed by atoms with Crippen LogP contribution in [0.3, 0.4) is 0 Å². The van der Waals surface area contributed by atoms with Crippen LogP contribution in [0.4, 0.5) is 0 Å². The molecule has 0 amide bonds. The van der Waals surface area contributed by atoms with Gasteiger partial charge in [-0.05, 0) is 30.5 Å². The number of sulfonamides is 1. The Morgan fingerprint density at radius 3 is 2.57 bits per heavy atom. The number of benzene rings is 1. The molecule has 1 aromatic carbocycles. The lowest BCUT2D eigenvalue weighted by molar-refractivity contribution is 0.299. The summed E-state index contributed by atoms with van der Waals surface area (Å²) >= 11 is 0. The summed E-state index contributed by atoms with van der Waals surface area (Å²) in [6.45, 7) is 1.68. The lowest BCUT2D eigenvalue weighted by atomic mass is 10.1. The van der Waals surface area contributed by atoms with Gasteiger partial charge in [-0.1, -0.05) is 12.1 Å². The molecule has 0 unspecified atom stereocenters. The normalized spacial score (nSPS) is 11.6. The van der Waals surface area contributed by atoms with Gasteiger partial charge in [-0.25, -0.2) is 13.6 Å². The second kappa shape index (κ2) is 4.08. The highest BCUT2D eigenvalue weighted by Crippen LogP contribution is 2.15. The van der Waals surface area contributed by atoms with Crippen LogP contribution in [0.5, 0.6) is 0 Å². The number of aliphatic hydroxyl groups excluding tert-OH is 1. The molecule has 3 N–H and O–H groups in total. The molecule has 0 aliphatic carbocycles.